The summed E-state index contributed by atoms with van der Waals surface area (Å²) in [6.45, 7) is 7.05. The van der Waals surface area contributed by atoms with Gasteiger partial charge < -0.3 is 11.1 Å². The summed E-state index contributed by atoms with van der Waals surface area (Å²) in [6, 6.07) is 3.36. The van der Waals surface area contributed by atoms with E-state index in [-0.39, 0.29) is 5.41 Å². The Morgan fingerprint density at radius 3 is 2.73 bits per heavy atom. The number of amides is 1. The zero-order valence-corrected chi connectivity index (χ0v) is 9.37. The molecule has 4 heteroatoms. The molecule has 82 valence electrons. The van der Waals surface area contributed by atoms with Gasteiger partial charge in [0.05, 0.1) is 5.56 Å². The Bertz CT molecular complexity index is 355. The summed E-state index contributed by atoms with van der Waals surface area (Å²) in [5.41, 5.74) is 5.80. The van der Waals surface area contributed by atoms with Crippen LogP contribution in [0.4, 0.5) is 5.82 Å². The van der Waals surface area contributed by atoms with Gasteiger partial charge in [-0.15, -0.1) is 0 Å². The van der Waals surface area contributed by atoms with E-state index in [0.717, 1.165) is 6.54 Å². The van der Waals surface area contributed by atoms with Gasteiger partial charge in [-0.25, -0.2) is 4.98 Å². The molecule has 1 amide bonds. The van der Waals surface area contributed by atoms with Gasteiger partial charge >= 0.3 is 0 Å². The minimum absolute atomic E-state index is 0.131. The van der Waals surface area contributed by atoms with Crippen LogP contribution >= 0.6 is 0 Å². The molecule has 0 unspecified atom stereocenters. The van der Waals surface area contributed by atoms with Crippen molar-refractivity contribution in [3.8, 4) is 0 Å². The van der Waals surface area contributed by atoms with Crippen molar-refractivity contribution in [2.75, 3.05) is 11.9 Å². The fraction of sp³-hybridized carbons (Fsp3) is 0.455. The SMILES string of the molecule is CC(C)(C)CNc1ncccc1C(N)=O. The number of nitrogens with one attached hydrogen (secondary N) is 1. The van der Waals surface area contributed by atoms with E-state index in [1.165, 1.54) is 0 Å². The molecule has 0 atom stereocenters. The Hall–Kier alpha value is -1.58. The third-order valence-corrected chi connectivity index (χ3v) is 1.86. The number of pyridine rings is 1. The first-order chi connectivity index (χ1) is 6.90. The molecule has 0 radical (unpaired) electrons. The average Bonchev–Trinajstić information content (AvgIpc) is 2.14. The molecule has 3 N–H and O–H groups in total. The van der Waals surface area contributed by atoms with Gasteiger partial charge in [-0.2, -0.15) is 0 Å². The molecular formula is C11H17N3O. The number of anilines is 1. The van der Waals surface area contributed by atoms with Crippen LogP contribution in [-0.2, 0) is 0 Å². The van der Waals surface area contributed by atoms with Crippen molar-refractivity contribution in [3.63, 3.8) is 0 Å². The number of rotatable bonds is 3. The maximum Gasteiger partial charge on any atom is 0.252 e. The van der Waals surface area contributed by atoms with Crippen LogP contribution in [0.25, 0.3) is 0 Å². The van der Waals surface area contributed by atoms with Gasteiger partial charge in [-0.05, 0) is 17.5 Å². The number of nitrogens with two attached hydrogens (primary N) is 1. The van der Waals surface area contributed by atoms with Crippen LogP contribution in [0.3, 0.4) is 0 Å². The van der Waals surface area contributed by atoms with Gasteiger partial charge in [0, 0.05) is 12.7 Å². The first-order valence-electron chi connectivity index (χ1n) is 4.89. The summed E-state index contributed by atoms with van der Waals surface area (Å²) in [5, 5.41) is 3.12. The molecule has 1 rings (SSSR count). The molecular weight excluding hydrogens is 190 g/mol. The Morgan fingerprint density at radius 2 is 2.20 bits per heavy atom. The van der Waals surface area contributed by atoms with Gasteiger partial charge in [0.1, 0.15) is 5.82 Å². The monoisotopic (exact) mass is 207 g/mol. The zero-order valence-electron chi connectivity index (χ0n) is 9.37. The molecule has 0 saturated heterocycles. The van der Waals surface area contributed by atoms with Gasteiger partial charge in [-0.3, -0.25) is 4.79 Å². The van der Waals surface area contributed by atoms with Crippen LogP contribution in [0, 0.1) is 5.41 Å². The predicted octanol–water partition coefficient (Wildman–Crippen LogP) is 1.64. The normalized spacial score (nSPS) is 11.1. The molecule has 1 aromatic rings. The lowest BCUT2D eigenvalue weighted by atomic mass is 9.97. The topological polar surface area (TPSA) is 68.0 Å². The summed E-state index contributed by atoms with van der Waals surface area (Å²) in [5.74, 6) is 0.0967. The molecule has 4 nitrogen and oxygen atoms in total. The molecule has 0 saturated carbocycles. The van der Waals surface area contributed by atoms with Crippen molar-refractivity contribution < 1.29 is 4.79 Å². The lowest BCUT2D eigenvalue weighted by molar-refractivity contribution is 0.100. The van der Waals surface area contributed by atoms with E-state index in [0.29, 0.717) is 11.4 Å². The van der Waals surface area contributed by atoms with Crippen molar-refractivity contribution in [2.45, 2.75) is 20.8 Å². The second-order valence-electron chi connectivity index (χ2n) is 4.68. The van der Waals surface area contributed by atoms with E-state index in [9.17, 15) is 4.79 Å². The molecule has 0 fully saturated rings. The molecule has 1 heterocycles. The van der Waals surface area contributed by atoms with E-state index in [2.05, 4.69) is 31.1 Å². The van der Waals surface area contributed by atoms with Crippen LogP contribution in [0.2, 0.25) is 0 Å². The van der Waals surface area contributed by atoms with Crippen molar-refractivity contribution in [3.05, 3.63) is 23.9 Å². The molecule has 0 aliphatic rings. The van der Waals surface area contributed by atoms with Crippen LogP contribution in [0.1, 0.15) is 31.1 Å². The van der Waals surface area contributed by atoms with Gasteiger partial charge in [-0.1, -0.05) is 20.8 Å². The van der Waals surface area contributed by atoms with Gasteiger partial charge in [0.2, 0.25) is 0 Å². The zero-order chi connectivity index (χ0) is 11.5. The van der Waals surface area contributed by atoms with Crippen LogP contribution in [0.5, 0.6) is 0 Å². The first-order valence-corrected chi connectivity index (χ1v) is 4.89. The van der Waals surface area contributed by atoms with Crippen molar-refractivity contribution >= 4 is 11.7 Å². The molecule has 15 heavy (non-hydrogen) atoms. The van der Waals surface area contributed by atoms with Gasteiger partial charge in [0.25, 0.3) is 5.91 Å². The minimum Gasteiger partial charge on any atom is -0.369 e. The molecule has 0 aliphatic heterocycles. The number of aromatic nitrogens is 1. The highest BCUT2D eigenvalue weighted by Crippen LogP contribution is 2.16. The minimum atomic E-state index is -0.459. The van der Waals surface area contributed by atoms with E-state index < -0.39 is 5.91 Å². The lowest BCUT2D eigenvalue weighted by Crippen LogP contribution is -2.22. The first kappa shape index (κ1) is 11.5. The van der Waals surface area contributed by atoms with Crippen molar-refractivity contribution in [2.24, 2.45) is 11.1 Å². The highest BCUT2D eigenvalue weighted by atomic mass is 16.1. The number of carbonyl (C=O) groups excluding carboxylic acids is 1. The fourth-order valence-corrected chi connectivity index (χ4v) is 1.09. The summed E-state index contributed by atoms with van der Waals surface area (Å²) in [7, 11) is 0. The summed E-state index contributed by atoms with van der Waals surface area (Å²) in [4.78, 5) is 15.2. The maximum atomic E-state index is 11.1. The summed E-state index contributed by atoms with van der Waals surface area (Å²) >= 11 is 0. The highest BCUT2D eigenvalue weighted by molar-refractivity contribution is 5.97. The molecule has 1 aromatic heterocycles. The Kier molecular flexibility index (Phi) is 3.29. The van der Waals surface area contributed by atoms with E-state index >= 15 is 0 Å². The Labute approximate surface area is 89.9 Å². The largest absolute Gasteiger partial charge is 0.369 e. The average molecular weight is 207 g/mol. The number of hydrogen-bond donors (Lipinski definition) is 2. The quantitative estimate of drug-likeness (QED) is 0.791. The Morgan fingerprint density at radius 1 is 1.53 bits per heavy atom. The molecule has 0 spiro atoms. The smallest absolute Gasteiger partial charge is 0.252 e. The fourth-order valence-electron chi connectivity index (χ4n) is 1.09. The second-order valence-corrected chi connectivity index (χ2v) is 4.68. The van der Waals surface area contributed by atoms with Crippen LogP contribution < -0.4 is 11.1 Å². The Balaban J connectivity index is 2.81. The molecule has 0 bridgehead atoms. The molecule has 0 aromatic carbocycles. The lowest BCUT2D eigenvalue weighted by Gasteiger charge is -2.19. The highest BCUT2D eigenvalue weighted by Gasteiger charge is 2.13. The third kappa shape index (κ3) is 3.58. The van der Waals surface area contributed by atoms with Crippen molar-refractivity contribution in [1.29, 1.82) is 0 Å². The summed E-state index contributed by atoms with van der Waals surface area (Å²) in [6.07, 6.45) is 1.64. The second kappa shape index (κ2) is 4.29. The summed E-state index contributed by atoms with van der Waals surface area (Å²) < 4.78 is 0. The van der Waals surface area contributed by atoms with Gasteiger partial charge in [0.15, 0.2) is 0 Å². The van der Waals surface area contributed by atoms with Crippen LogP contribution in [-0.4, -0.2) is 17.4 Å². The maximum absolute atomic E-state index is 11.1. The number of carbonyl (C=O) groups is 1. The van der Waals surface area contributed by atoms with E-state index in [1.54, 1.807) is 18.3 Å². The van der Waals surface area contributed by atoms with Crippen LogP contribution in [0.15, 0.2) is 18.3 Å². The third-order valence-electron chi connectivity index (χ3n) is 1.86. The number of nitrogens with zero attached hydrogens (tertiary/aromatic N) is 1. The standard InChI is InChI=1S/C11H17N3O/c1-11(2,3)7-14-10-8(9(12)15)5-4-6-13-10/h4-6H,7H2,1-3H3,(H2,12,15)(H,13,14). The van der Waals surface area contributed by atoms with E-state index in [1.807, 2.05) is 0 Å². The molecule has 0 aliphatic carbocycles. The predicted molar refractivity (Wildman–Crippen MR) is 60.7 cm³/mol. The number of primary amides is 1. The van der Waals surface area contributed by atoms with Crippen molar-refractivity contribution in [1.82, 2.24) is 4.98 Å². The number of hydrogen-bond acceptors (Lipinski definition) is 3. The van der Waals surface area contributed by atoms with E-state index in [4.69, 9.17) is 5.73 Å².